The van der Waals surface area contributed by atoms with Crippen molar-refractivity contribution in [3.8, 4) is 33.9 Å². The molecule has 0 bridgehead atoms. The average Bonchev–Trinajstić information content (AvgIpc) is 3.53. The van der Waals surface area contributed by atoms with Crippen molar-refractivity contribution in [2.75, 3.05) is 0 Å². The van der Waals surface area contributed by atoms with Crippen LogP contribution in [0.4, 0.5) is 0 Å². The van der Waals surface area contributed by atoms with Gasteiger partial charge in [0.1, 0.15) is 5.69 Å². The van der Waals surface area contributed by atoms with Crippen LogP contribution in [0, 0.1) is 0 Å². The molecule has 4 heteroatoms. The van der Waals surface area contributed by atoms with Gasteiger partial charge in [-0.1, -0.05) is 97.6 Å². The first-order valence-electron chi connectivity index (χ1n) is 12.7. The van der Waals surface area contributed by atoms with Crippen molar-refractivity contribution in [1.29, 1.82) is 0 Å². The fraction of sp³-hybridized carbons (Fsp3) is 0.0588. The highest BCUT2D eigenvalue weighted by molar-refractivity contribution is 7.17. The molecule has 0 saturated heterocycles. The number of nitrogens with zero attached hydrogens (tertiary/aromatic N) is 3. The van der Waals surface area contributed by atoms with E-state index in [0.29, 0.717) is 6.54 Å². The molecule has 3 heterocycles. The third-order valence-corrected chi connectivity index (χ3v) is 7.68. The lowest BCUT2D eigenvalue weighted by Gasteiger charge is -2.12. The molecule has 0 amide bonds. The number of hydrogen-bond acceptors (Lipinski definition) is 3. The van der Waals surface area contributed by atoms with E-state index in [-0.39, 0.29) is 0 Å². The number of thiophene rings is 1. The highest BCUT2D eigenvalue weighted by Gasteiger charge is 2.16. The molecule has 3 aromatic heterocycles. The Kier molecular flexibility index (Phi) is 6.55. The molecule has 0 N–H and O–H groups in total. The molecule has 0 aliphatic heterocycles. The molecule has 0 unspecified atom stereocenters. The van der Waals surface area contributed by atoms with Crippen LogP contribution >= 0.6 is 11.3 Å². The summed E-state index contributed by atoms with van der Waals surface area (Å²) < 4.78 is 3.49. The lowest BCUT2D eigenvalue weighted by Crippen LogP contribution is -2.28. The molecule has 3 nitrogen and oxygen atoms in total. The lowest BCUT2D eigenvalue weighted by atomic mass is 10.0. The summed E-state index contributed by atoms with van der Waals surface area (Å²) in [7, 11) is 0. The number of benzene rings is 3. The van der Waals surface area contributed by atoms with Gasteiger partial charge in [-0.3, -0.25) is 0 Å². The van der Waals surface area contributed by atoms with Crippen LogP contribution in [-0.2, 0) is 6.54 Å². The van der Waals surface area contributed by atoms with E-state index >= 15 is 0 Å². The van der Waals surface area contributed by atoms with E-state index in [1.54, 1.807) is 11.3 Å². The Balaban J connectivity index is 1.58. The van der Waals surface area contributed by atoms with Gasteiger partial charge in [0, 0.05) is 10.3 Å². The van der Waals surface area contributed by atoms with Crippen LogP contribution in [0.15, 0.2) is 115 Å². The minimum absolute atomic E-state index is 0.673. The number of allylic oxidation sites excluding steroid dienone is 2. The number of fused-ring (bicyclic) bond motifs is 1. The topological polar surface area (TPSA) is 30.7 Å². The van der Waals surface area contributed by atoms with Crippen molar-refractivity contribution in [3.63, 3.8) is 0 Å². The fourth-order valence-electron chi connectivity index (χ4n) is 4.72. The number of hydrogen-bond donors (Lipinski definition) is 0. The second kappa shape index (κ2) is 10.4. The van der Waals surface area contributed by atoms with Crippen LogP contribution in [0.25, 0.3) is 56.6 Å². The molecule has 0 aliphatic carbocycles. The van der Waals surface area contributed by atoms with Gasteiger partial charge in [0.15, 0.2) is 5.82 Å². The van der Waals surface area contributed by atoms with Gasteiger partial charge in [0.2, 0.25) is 0 Å². The molecule has 0 aliphatic rings. The molecule has 0 spiro atoms. The monoisotopic (exact) mass is 509 g/mol. The Labute approximate surface area is 226 Å². The van der Waals surface area contributed by atoms with Crippen molar-refractivity contribution in [1.82, 2.24) is 14.5 Å². The van der Waals surface area contributed by atoms with Crippen molar-refractivity contribution in [2.24, 2.45) is 0 Å². The average molecular weight is 510 g/mol. The maximum Gasteiger partial charge on any atom is 0.160 e. The summed E-state index contributed by atoms with van der Waals surface area (Å²) in [5, 5.41) is 5.24. The minimum Gasteiger partial charge on any atom is -0.319 e. The first-order chi connectivity index (χ1) is 18.7. The van der Waals surface area contributed by atoms with Crippen LogP contribution in [0.5, 0.6) is 0 Å². The lowest BCUT2D eigenvalue weighted by molar-refractivity contribution is 0.788. The largest absolute Gasteiger partial charge is 0.319 e. The summed E-state index contributed by atoms with van der Waals surface area (Å²) in [6.45, 7) is 7.13. The molecule has 3 aromatic carbocycles. The van der Waals surface area contributed by atoms with Crippen LogP contribution in [0.3, 0.4) is 0 Å². The zero-order valence-electron chi connectivity index (χ0n) is 21.2. The Bertz CT molecular complexity index is 1800. The minimum atomic E-state index is 0.673. The van der Waals surface area contributed by atoms with Gasteiger partial charge < -0.3 is 4.57 Å². The summed E-state index contributed by atoms with van der Waals surface area (Å²) >= 11 is 1.77. The van der Waals surface area contributed by atoms with Crippen LogP contribution in [0.2, 0.25) is 0 Å². The normalized spacial score (nSPS) is 12.1. The number of rotatable bonds is 6. The second-order valence-corrected chi connectivity index (χ2v) is 10.1. The first-order valence-corrected chi connectivity index (χ1v) is 13.6. The van der Waals surface area contributed by atoms with E-state index < -0.39 is 0 Å². The maximum atomic E-state index is 5.15. The molecule has 0 atom stereocenters. The smallest absolute Gasteiger partial charge is 0.160 e. The van der Waals surface area contributed by atoms with Gasteiger partial charge >= 0.3 is 0 Å². The highest BCUT2D eigenvalue weighted by Crippen LogP contribution is 2.30. The summed E-state index contributed by atoms with van der Waals surface area (Å²) in [6, 6.07) is 33.6. The predicted molar refractivity (Wildman–Crippen MR) is 161 cm³/mol. The van der Waals surface area contributed by atoms with E-state index in [9.17, 15) is 0 Å². The number of pyridine rings is 1. The zero-order valence-corrected chi connectivity index (χ0v) is 22.0. The Morgan fingerprint density at radius 1 is 0.789 bits per heavy atom. The molecule has 0 fully saturated rings. The van der Waals surface area contributed by atoms with Gasteiger partial charge in [-0.15, -0.1) is 11.3 Å². The van der Waals surface area contributed by atoms with Crippen molar-refractivity contribution in [2.45, 2.75) is 13.5 Å². The van der Waals surface area contributed by atoms with Gasteiger partial charge in [-0.25, -0.2) is 9.97 Å². The highest BCUT2D eigenvalue weighted by atomic mass is 32.1. The zero-order chi connectivity index (χ0) is 25.9. The molecular formula is C34H27N3S. The van der Waals surface area contributed by atoms with Crippen molar-refractivity contribution in [3.05, 3.63) is 131 Å². The number of imidazole rings is 1. The van der Waals surface area contributed by atoms with Crippen molar-refractivity contribution >= 4 is 34.1 Å². The van der Waals surface area contributed by atoms with Crippen LogP contribution < -0.4 is 10.7 Å². The summed E-state index contributed by atoms with van der Waals surface area (Å²) in [5.74, 6) is 0.816. The molecular weight excluding hydrogens is 482 g/mol. The van der Waals surface area contributed by atoms with Crippen molar-refractivity contribution < 1.29 is 0 Å². The van der Waals surface area contributed by atoms with Gasteiger partial charge in [-0.05, 0) is 58.7 Å². The molecule has 184 valence electrons. The Morgan fingerprint density at radius 3 is 2.24 bits per heavy atom. The fourth-order valence-corrected chi connectivity index (χ4v) is 5.67. The Hall–Kier alpha value is -4.54. The Morgan fingerprint density at radius 2 is 1.47 bits per heavy atom. The third-order valence-electron chi connectivity index (χ3n) is 6.67. The molecule has 6 rings (SSSR count). The molecule has 0 saturated carbocycles. The van der Waals surface area contributed by atoms with Gasteiger partial charge in [0.05, 0.1) is 22.9 Å². The molecule has 6 aromatic rings. The van der Waals surface area contributed by atoms with Crippen LogP contribution in [0.1, 0.15) is 12.5 Å². The second-order valence-electron chi connectivity index (χ2n) is 9.16. The molecule has 38 heavy (non-hydrogen) atoms. The SMILES string of the molecule is C=c1/c(=C\C=C/C)nc(-c2cc(-c3ccccc3)cc(-c3ccccc3)n2)n1Cc1csc2ccccc12. The summed E-state index contributed by atoms with van der Waals surface area (Å²) in [4.78, 5) is 10.2. The van der Waals surface area contributed by atoms with E-state index in [1.165, 1.54) is 15.6 Å². The summed E-state index contributed by atoms with van der Waals surface area (Å²) in [5.41, 5.74) is 6.33. The van der Waals surface area contributed by atoms with E-state index in [4.69, 9.17) is 9.97 Å². The van der Waals surface area contributed by atoms with E-state index in [2.05, 4.69) is 89.3 Å². The van der Waals surface area contributed by atoms with Crippen LogP contribution in [-0.4, -0.2) is 14.5 Å². The van der Waals surface area contributed by atoms with Gasteiger partial charge in [-0.2, -0.15) is 0 Å². The quantitative estimate of drug-likeness (QED) is 0.236. The van der Waals surface area contributed by atoms with E-state index in [0.717, 1.165) is 44.6 Å². The summed E-state index contributed by atoms with van der Waals surface area (Å²) in [6.07, 6.45) is 6.04. The molecule has 0 radical (unpaired) electrons. The maximum absolute atomic E-state index is 5.15. The first kappa shape index (κ1) is 23.8. The standard InChI is InChI=1S/C34H27N3S/c1-3-4-18-30-24(2)37(22-28-23-38-33-19-12-11-17-29(28)33)34(36-30)32-21-27(25-13-7-5-8-14-25)20-31(35-32)26-15-9-6-10-16-26/h3-21,23H,2,22H2,1H3/b4-3-,30-18+. The predicted octanol–water partition coefficient (Wildman–Crippen LogP) is 7.31. The van der Waals surface area contributed by atoms with E-state index in [1.807, 2.05) is 49.4 Å². The third kappa shape index (κ3) is 4.62. The van der Waals surface area contributed by atoms with Gasteiger partial charge in [0.25, 0.3) is 0 Å². The number of aromatic nitrogens is 3.